The van der Waals surface area contributed by atoms with E-state index in [1.807, 2.05) is 13.0 Å². The number of piperazine rings is 1. The van der Waals surface area contributed by atoms with Gasteiger partial charge in [-0.3, -0.25) is 4.79 Å². The lowest BCUT2D eigenvalue weighted by Gasteiger charge is -2.35. The normalized spacial score (nSPS) is 18.0. The average Bonchev–Trinajstić information content (AvgIpc) is 2.78. The van der Waals surface area contributed by atoms with E-state index in [9.17, 15) is 18.0 Å². The molecule has 2 heterocycles. The second-order valence-corrected chi connectivity index (χ2v) is 8.52. The Morgan fingerprint density at radius 3 is 2.28 bits per heavy atom. The van der Waals surface area contributed by atoms with Crippen molar-refractivity contribution < 1.29 is 18.0 Å². The van der Waals surface area contributed by atoms with E-state index in [0.29, 0.717) is 38.2 Å². The van der Waals surface area contributed by atoms with Gasteiger partial charge < -0.3 is 15.1 Å². The lowest BCUT2D eigenvalue weighted by molar-refractivity contribution is -0.137. The fourth-order valence-electron chi connectivity index (χ4n) is 4.33. The summed E-state index contributed by atoms with van der Waals surface area (Å²) in [4.78, 5) is 25.8. The van der Waals surface area contributed by atoms with E-state index in [2.05, 4.69) is 15.2 Å². The first-order chi connectivity index (χ1) is 15.3. The van der Waals surface area contributed by atoms with Crippen molar-refractivity contribution in [3.63, 3.8) is 0 Å². The predicted octanol–water partition coefficient (Wildman–Crippen LogP) is 4.51. The van der Waals surface area contributed by atoms with Gasteiger partial charge in [0.2, 0.25) is 5.95 Å². The molecule has 172 valence electrons. The predicted molar refractivity (Wildman–Crippen MR) is 117 cm³/mol. The first-order valence-electron chi connectivity index (χ1n) is 11.1. The summed E-state index contributed by atoms with van der Waals surface area (Å²) in [6, 6.07) is 6.75. The summed E-state index contributed by atoms with van der Waals surface area (Å²) >= 11 is 0. The van der Waals surface area contributed by atoms with Crippen LogP contribution in [-0.4, -0.2) is 53.0 Å². The van der Waals surface area contributed by atoms with Crippen LogP contribution in [0.2, 0.25) is 0 Å². The Labute approximate surface area is 185 Å². The molecule has 1 saturated carbocycles. The van der Waals surface area contributed by atoms with Gasteiger partial charge in [-0.05, 0) is 44.0 Å². The van der Waals surface area contributed by atoms with Crippen molar-refractivity contribution in [3.05, 3.63) is 47.2 Å². The van der Waals surface area contributed by atoms with Gasteiger partial charge in [0.15, 0.2) is 0 Å². The van der Waals surface area contributed by atoms with E-state index in [1.54, 1.807) is 4.90 Å². The Hall–Kier alpha value is -2.84. The summed E-state index contributed by atoms with van der Waals surface area (Å²) in [5.74, 6) is 1.23. The van der Waals surface area contributed by atoms with Crippen LogP contribution < -0.4 is 10.2 Å². The highest BCUT2D eigenvalue weighted by Crippen LogP contribution is 2.29. The number of carbonyl (C=O) groups is 1. The van der Waals surface area contributed by atoms with Gasteiger partial charge in [-0.1, -0.05) is 19.3 Å². The summed E-state index contributed by atoms with van der Waals surface area (Å²) in [6.07, 6.45) is 1.60. The highest BCUT2D eigenvalue weighted by Gasteiger charge is 2.31. The zero-order chi connectivity index (χ0) is 22.7. The molecule has 1 aromatic heterocycles. The average molecular weight is 448 g/mol. The minimum atomic E-state index is -4.41. The quantitative estimate of drug-likeness (QED) is 0.747. The summed E-state index contributed by atoms with van der Waals surface area (Å²) < 4.78 is 38.3. The fourth-order valence-corrected chi connectivity index (χ4v) is 4.33. The number of amides is 1. The molecule has 1 aliphatic heterocycles. The number of benzene rings is 1. The molecule has 9 heteroatoms. The van der Waals surface area contributed by atoms with Gasteiger partial charge >= 0.3 is 6.18 Å². The number of halogens is 3. The maximum absolute atomic E-state index is 12.8. The third-order valence-electron chi connectivity index (χ3n) is 6.13. The Bertz CT molecular complexity index is 934. The fraction of sp³-hybridized carbons (Fsp3) is 0.522. The van der Waals surface area contributed by atoms with E-state index >= 15 is 0 Å². The van der Waals surface area contributed by atoms with Gasteiger partial charge in [-0.15, -0.1) is 0 Å². The van der Waals surface area contributed by atoms with Gasteiger partial charge in [0.1, 0.15) is 5.82 Å². The molecule has 2 aliphatic rings. The third kappa shape index (κ3) is 5.31. The highest BCUT2D eigenvalue weighted by molar-refractivity contribution is 5.94. The highest BCUT2D eigenvalue weighted by atomic mass is 19.4. The molecule has 1 aromatic carbocycles. The second-order valence-electron chi connectivity index (χ2n) is 8.52. The number of hydrogen-bond donors (Lipinski definition) is 1. The first-order valence-corrected chi connectivity index (χ1v) is 11.1. The van der Waals surface area contributed by atoms with Crippen molar-refractivity contribution in [1.82, 2.24) is 14.9 Å². The van der Waals surface area contributed by atoms with Crippen molar-refractivity contribution >= 4 is 17.7 Å². The van der Waals surface area contributed by atoms with E-state index in [1.165, 1.54) is 31.4 Å². The van der Waals surface area contributed by atoms with E-state index in [0.717, 1.165) is 36.5 Å². The molecule has 1 aliphatic carbocycles. The van der Waals surface area contributed by atoms with Crippen LogP contribution in [0.15, 0.2) is 30.3 Å². The third-order valence-corrected chi connectivity index (χ3v) is 6.13. The molecule has 0 bridgehead atoms. The van der Waals surface area contributed by atoms with Crippen molar-refractivity contribution in [2.75, 3.05) is 36.4 Å². The lowest BCUT2D eigenvalue weighted by atomic mass is 9.96. The molecule has 0 unspecified atom stereocenters. The molecular formula is C23H28F3N5O. The molecule has 2 fully saturated rings. The Balaban J connectivity index is 1.37. The van der Waals surface area contributed by atoms with Crippen LogP contribution in [0.25, 0.3) is 0 Å². The zero-order valence-electron chi connectivity index (χ0n) is 18.2. The number of aromatic nitrogens is 2. The lowest BCUT2D eigenvalue weighted by Crippen LogP contribution is -2.49. The van der Waals surface area contributed by atoms with Gasteiger partial charge in [-0.2, -0.15) is 18.2 Å². The summed E-state index contributed by atoms with van der Waals surface area (Å²) in [7, 11) is 0. The Morgan fingerprint density at radius 2 is 1.66 bits per heavy atom. The minimum Gasteiger partial charge on any atom is -0.353 e. The molecule has 6 nitrogen and oxygen atoms in total. The smallest absolute Gasteiger partial charge is 0.353 e. The molecule has 4 rings (SSSR count). The monoisotopic (exact) mass is 447 g/mol. The largest absolute Gasteiger partial charge is 0.416 e. The van der Waals surface area contributed by atoms with Crippen LogP contribution in [0.1, 0.15) is 53.7 Å². The standard InChI is InChI=1S/C23H28F3N5O/c1-16-15-20(29-22(27-16)28-19-5-3-2-4-6-19)30-11-13-31(14-12-30)21(32)17-7-9-18(10-8-17)23(24,25)26/h7-10,15,19H,2-6,11-14H2,1H3,(H,27,28,29). The van der Waals surface area contributed by atoms with Crippen LogP contribution in [0.4, 0.5) is 24.9 Å². The maximum Gasteiger partial charge on any atom is 0.416 e. The molecule has 1 amide bonds. The topological polar surface area (TPSA) is 61.4 Å². The van der Waals surface area contributed by atoms with Gasteiger partial charge in [-0.25, -0.2) is 4.98 Å². The second kappa shape index (κ2) is 9.34. The maximum atomic E-state index is 12.8. The number of aryl methyl sites for hydroxylation is 1. The number of nitrogens with zero attached hydrogens (tertiary/aromatic N) is 4. The summed E-state index contributed by atoms with van der Waals surface area (Å²) in [5, 5.41) is 3.47. The number of anilines is 2. The molecular weight excluding hydrogens is 419 g/mol. The van der Waals surface area contributed by atoms with E-state index < -0.39 is 11.7 Å². The molecule has 1 saturated heterocycles. The molecule has 0 radical (unpaired) electrons. The van der Waals surface area contributed by atoms with Crippen molar-refractivity contribution in [2.45, 2.75) is 51.2 Å². The number of nitrogens with one attached hydrogen (secondary N) is 1. The van der Waals surface area contributed by atoms with E-state index in [-0.39, 0.29) is 11.5 Å². The molecule has 2 aromatic rings. The molecule has 32 heavy (non-hydrogen) atoms. The van der Waals surface area contributed by atoms with Gasteiger partial charge in [0.25, 0.3) is 5.91 Å². The molecule has 1 N–H and O–H groups in total. The van der Waals surface area contributed by atoms with Crippen LogP contribution in [0.5, 0.6) is 0 Å². The van der Waals surface area contributed by atoms with Crippen molar-refractivity contribution in [1.29, 1.82) is 0 Å². The summed E-state index contributed by atoms with van der Waals surface area (Å²) in [6.45, 7) is 4.11. The van der Waals surface area contributed by atoms with Crippen LogP contribution in [0, 0.1) is 6.92 Å². The van der Waals surface area contributed by atoms with Crippen LogP contribution >= 0.6 is 0 Å². The van der Waals surface area contributed by atoms with Gasteiger partial charge in [0, 0.05) is 49.5 Å². The van der Waals surface area contributed by atoms with Gasteiger partial charge in [0.05, 0.1) is 5.56 Å². The SMILES string of the molecule is Cc1cc(N2CCN(C(=O)c3ccc(C(F)(F)F)cc3)CC2)nc(NC2CCCCC2)n1. The minimum absolute atomic E-state index is 0.253. The zero-order valence-corrected chi connectivity index (χ0v) is 18.2. The molecule has 0 atom stereocenters. The van der Waals surface area contributed by atoms with Crippen molar-refractivity contribution in [3.8, 4) is 0 Å². The first kappa shape index (κ1) is 22.4. The van der Waals surface area contributed by atoms with Crippen LogP contribution in [0.3, 0.4) is 0 Å². The number of alkyl halides is 3. The Morgan fingerprint density at radius 1 is 1.00 bits per heavy atom. The number of carbonyl (C=O) groups excluding carboxylic acids is 1. The number of rotatable bonds is 4. The van der Waals surface area contributed by atoms with E-state index in [4.69, 9.17) is 4.98 Å². The molecule has 0 spiro atoms. The summed E-state index contributed by atoms with van der Waals surface area (Å²) in [5.41, 5.74) is 0.399. The van der Waals surface area contributed by atoms with Crippen molar-refractivity contribution in [2.24, 2.45) is 0 Å². The Kier molecular flexibility index (Phi) is 6.53. The van der Waals surface area contributed by atoms with Crippen LogP contribution in [-0.2, 0) is 6.18 Å². The number of hydrogen-bond acceptors (Lipinski definition) is 5.